The third-order valence-corrected chi connectivity index (χ3v) is 10.7. The smallest absolute Gasteiger partial charge is 0.115 e. The van der Waals surface area contributed by atoms with Gasteiger partial charge in [-0.05, 0) is 151 Å². The van der Waals surface area contributed by atoms with Crippen molar-refractivity contribution >= 4 is 50.1 Å². The summed E-state index contributed by atoms with van der Waals surface area (Å²) in [5.41, 5.74) is 12.7. The topological polar surface area (TPSA) is 46.9 Å². The molecule has 0 fully saturated rings. The molecule has 0 bridgehead atoms. The molecule has 0 aliphatic rings. The standard InChI is InChI=1S/C50H47BrN2O2/c1-49(2,3)38-17-23-41(24-18-38)52(40-21-11-34(12-22-40)35-13-27-45(54)28-14-35)43-31-37(36-15-29-46(55)30-16-36)32-44(33-43)53(48-10-8-7-9-47(48)51)42-25-19-39(20-26-42)50(4,5)6/h7-33,54-55H,1-6H3. The first kappa shape index (κ1) is 37.5. The number of hydrogen-bond acceptors (Lipinski definition) is 4. The molecule has 7 rings (SSSR count). The first-order valence-electron chi connectivity index (χ1n) is 18.6. The number of rotatable bonds is 8. The summed E-state index contributed by atoms with van der Waals surface area (Å²) in [6, 6.07) is 56.1. The van der Waals surface area contributed by atoms with Gasteiger partial charge in [0, 0.05) is 32.9 Å². The molecule has 5 heteroatoms. The Morgan fingerprint density at radius 2 is 0.745 bits per heavy atom. The van der Waals surface area contributed by atoms with Crippen LogP contribution in [0.5, 0.6) is 11.5 Å². The van der Waals surface area contributed by atoms with E-state index in [1.165, 1.54) is 11.1 Å². The van der Waals surface area contributed by atoms with Crippen LogP contribution in [-0.2, 0) is 10.8 Å². The number of hydrogen-bond donors (Lipinski definition) is 2. The number of benzene rings is 7. The van der Waals surface area contributed by atoms with Crippen LogP contribution in [0.25, 0.3) is 22.3 Å². The van der Waals surface area contributed by atoms with E-state index in [0.717, 1.165) is 60.9 Å². The molecule has 0 spiro atoms. The number of para-hydroxylation sites is 1. The quantitative estimate of drug-likeness (QED) is 0.161. The lowest BCUT2D eigenvalue weighted by atomic mass is 9.87. The Morgan fingerprint density at radius 3 is 1.18 bits per heavy atom. The highest BCUT2D eigenvalue weighted by Crippen LogP contribution is 2.45. The predicted molar refractivity (Wildman–Crippen MR) is 235 cm³/mol. The number of anilines is 6. The molecule has 276 valence electrons. The SMILES string of the molecule is CC(C)(C)c1ccc(N(c2ccc(-c3ccc(O)cc3)cc2)c2cc(-c3ccc(O)cc3)cc(N(c3ccc(C(C)(C)C)cc3)c3ccccc3Br)c2)cc1. The Balaban J connectivity index is 1.46. The maximum atomic E-state index is 10.3. The second kappa shape index (κ2) is 15.2. The van der Waals surface area contributed by atoms with Crippen molar-refractivity contribution in [3.63, 3.8) is 0 Å². The van der Waals surface area contributed by atoms with Crippen molar-refractivity contribution < 1.29 is 10.2 Å². The van der Waals surface area contributed by atoms with Gasteiger partial charge in [0.25, 0.3) is 0 Å². The first-order valence-corrected chi connectivity index (χ1v) is 19.4. The molecule has 0 unspecified atom stereocenters. The van der Waals surface area contributed by atoms with Crippen molar-refractivity contribution in [1.82, 2.24) is 0 Å². The van der Waals surface area contributed by atoms with Gasteiger partial charge in [-0.1, -0.05) is 114 Å². The molecule has 0 aromatic heterocycles. The minimum atomic E-state index is 0.00713. The molecular formula is C50H47BrN2O2. The van der Waals surface area contributed by atoms with Crippen molar-refractivity contribution in [3.8, 4) is 33.8 Å². The van der Waals surface area contributed by atoms with Crippen LogP contribution in [0.3, 0.4) is 0 Å². The Morgan fingerprint density at radius 1 is 0.382 bits per heavy atom. The molecule has 0 amide bonds. The molecule has 0 aliphatic heterocycles. The van der Waals surface area contributed by atoms with Gasteiger partial charge in [-0.3, -0.25) is 0 Å². The van der Waals surface area contributed by atoms with E-state index >= 15 is 0 Å². The fourth-order valence-corrected chi connectivity index (χ4v) is 7.32. The molecule has 2 N–H and O–H groups in total. The maximum absolute atomic E-state index is 10.3. The summed E-state index contributed by atoms with van der Waals surface area (Å²) in [6.45, 7) is 13.4. The number of phenolic OH excluding ortho intramolecular Hbond substituents is 2. The van der Waals surface area contributed by atoms with Gasteiger partial charge in [-0.15, -0.1) is 0 Å². The minimum absolute atomic E-state index is 0.00713. The average molecular weight is 788 g/mol. The zero-order valence-electron chi connectivity index (χ0n) is 32.3. The minimum Gasteiger partial charge on any atom is -0.508 e. The van der Waals surface area contributed by atoms with Gasteiger partial charge < -0.3 is 20.0 Å². The lowest BCUT2D eigenvalue weighted by molar-refractivity contribution is 0.475. The molecular weight excluding hydrogens is 740 g/mol. The van der Waals surface area contributed by atoms with E-state index in [2.05, 4.69) is 176 Å². The van der Waals surface area contributed by atoms with Crippen molar-refractivity contribution in [2.75, 3.05) is 9.80 Å². The molecule has 0 saturated carbocycles. The van der Waals surface area contributed by atoms with Crippen LogP contribution >= 0.6 is 15.9 Å². The largest absolute Gasteiger partial charge is 0.508 e. The highest BCUT2D eigenvalue weighted by atomic mass is 79.9. The van der Waals surface area contributed by atoms with E-state index in [1.54, 1.807) is 24.3 Å². The normalized spacial score (nSPS) is 11.7. The highest BCUT2D eigenvalue weighted by Gasteiger charge is 2.22. The lowest BCUT2D eigenvalue weighted by Gasteiger charge is -2.31. The molecule has 0 saturated heterocycles. The van der Waals surface area contributed by atoms with Crippen LogP contribution in [0, 0.1) is 0 Å². The second-order valence-corrected chi connectivity index (χ2v) is 16.9. The van der Waals surface area contributed by atoms with Crippen molar-refractivity contribution in [2.24, 2.45) is 0 Å². The Bertz CT molecular complexity index is 2390. The predicted octanol–water partition coefficient (Wildman–Crippen LogP) is 14.7. The van der Waals surface area contributed by atoms with E-state index in [9.17, 15) is 10.2 Å². The summed E-state index contributed by atoms with van der Waals surface area (Å²) in [4.78, 5) is 4.61. The average Bonchev–Trinajstić information content (AvgIpc) is 3.16. The summed E-state index contributed by atoms with van der Waals surface area (Å²) in [5, 5.41) is 20.2. The fraction of sp³-hybridized carbons (Fsp3) is 0.160. The third kappa shape index (κ3) is 8.33. The monoisotopic (exact) mass is 786 g/mol. The molecule has 0 aliphatic carbocycles. The summed E-state index contributed by atoms with van der Waals surface area (Å²) >= 11 is 3.89. The zero-order valence-corrected chi connectivity index (χ0v) is 33.8. The molecule has 4 nitrogen and oxygen atoms in total. The van der Waals surface area contributed by atoms with Gasteiger partial charge in [0.15, 0.2) is 0 Å². The lowest BCUT2D eigenvalue weighted by Crippen LogP contribution is -2.15. The van der Waals surface area contributed by atoms with Gasteiger partial charge in [0.1, 0.15) is 11.5 Å². The van der Waals surface area contributed by atoms with Crippen molar-refractivity contribution in [1.29, 1.82) is 0 Å². The van der Waals surface area contributed by atoms with Gasteiger partial charge in [-0.25, -0.2) is 0 Å². The number of phenols is 2. The van der Waals surface area contributed by atoms with Crippen LogP contribution in [0.2, 0.25) is 0 Å². The highest BCUT2D eigenvalue weighted by molar-refractivity contribution is 9.10. The first-order chi connectivity index (χ1) is 26.2. The van der Waals surface area contributed by atoms with Crippen molar-refractivity contribution in [3.05, 3.63) is 179 Å². The number of aromatic hydroxyl groups is 2. The van der Waals surface area contributed by atoms with E-state index in [0.29, 0.717) is 0 Å². The Hall–Kier alpha value is -5.78. The zero-order chi connectivity index (χ0) is 38.9. The van der Waals surface area contributed by atoms with E-state index in [-0.39, 0.29) is 22.3 Å². The maximum Gasteiger partial charge on any atom is 0.115 e. The Labute approximate surface area is 334 Å². The van der Waals surface area contributed by atoms with E-state index < -0.39 is 0 Å². The fourth-order valence-electron chi connectivity index (χ4n) is 6.86. The van der Waals surface area contributed by atoms with Gasteiger partial charge >= 0.3 is 0 Å². The van der Waals surface area contributed by atoms with Crippen LogP contribution < -0.4 is 9.80 Å². The Kier molecular flexibility index (Phi) is 10.3. The summed E-state index contributed by atoms with van der Waals surface area (Å²) in [5.74, 6) is 0.472. The van der Waals surface area contributed by atoms with Gasteiger partial charge in [-0.2, -0.15) is 0 Å². The molecule has 7 aromatic rings. The molecule has 7 aromatic carbocycles. The number of nitrogens with zero attached hydrogens (tertiary/aromatic N) is 2. The van der Waals surface area contributed by atoms with Crippen LogP contribution in [0.15, 0.2) is 168 Å². The summed E-state index contributed by atoms with van der Waals surface area (Å²) < 4.78 is 0.978. The van der Waals surface area contributed by atoms with E-state index in [1.807, 2.05) is 30.3 Å². The van der Waals surface area contributed by atoms with E-state index in [4.69, 9.17) is 0 Å². The molecule has 0 atom stereocenters. The third-order valence-electron chi connectivity index (χ3n) is 10.0. The molecule has 55 heavy (non-hydrogen) atoms. The van der Waals surface area contributed by atoms with Gasteiger partial charge in [0.2, 0.25) is 0 Å². The summed E-state index contributed by atoms with van der Waals surface area (Å²) in [6.07, 6.45) is 0. The van der Waals surface area contributed by atoms with Crippen LogP contribution in [0.4, 0.5) is 34.1 Å². The van der Waals surface area contributed by atoms with Crippen LogP contribution in [-0.4, -0.2) is 10.2 Å². The summed E-state index contributed by atoms with van der Waals surface area (Å²) in [7, 11) is 0. The molecule has 0 radical (unpaired) electrons. The van der Waals surface area contributed by atoms with Gasteiger partial charge in [0.05, 0.1) is 5.69 Å². The second-order valence-electron chi connectivity index (χ2n) is 16.1. The number of halogens is 1. The van der Waals surface area contributed by atoms with Crippen LogP contribution in [0.1, 0.15) is 52.7 Å². The van der Waals surface area contributed by atoms with Crippen molar-refractivity contribution in [2.45, 2.75) is 52.4 Å². The molecule has 0 heterocycles.